The third-order valence-electron chi connectivity index (χ3n) is 5.00. The molecule has 0 spiro atoms. The summed E-state index contributed by atoms with van der Waals surface area (Å²) in [6.07, 6.45) is 5.19. The maximum absolute atomic E-state index is 6.51. The number of ether oxygens (including phenoxy) is 1. The van der Waals surface area contributed by atoms with E-state index in [4.69, 9.17) is 10.5 Å². The first-order valence-corrected chi connectivity index (χ1v) is 8.68. The summed E-state index contributed by atoms with van der Waals surface area (Å²) in [6.45, 7) is 4.85. The molecule has 0 amide bonds. The van der Waals surface area contributed by atoms with Gasteiger partial charge in [0.25, 0.3) is 0 Å². The van der Waals surface area contributed by atoms with E-state index in [2.05, 4.69) is 38.1 Å². The molecule has 0 aromatic heterocycles. The van der Waals surface area contributed by atoms with Crippen LogP contribution in [-0.4, -0.2) is 0 Å². The van der Waals surface area contributed by atoms with Gasteiger partial charge in [-0.2, -0.15) is 0 Å². The highest BCUT2D eigenvalue weighted by Crippen LogP contribution is 2.36. The Morgan fingerprint density at radius 2 is 1.65 bits per heavy atom. The summed E-state index contributed by atoms with van der Waals surface area (Å²) >= 11 is 0. The van der Waals surface area contributed by atoms with Crippen LogP contribution in [0.3, 0.4) is 0 Å². The van der Waals surface area contributed by atoms with Gasteiger partial charge in [0.2, 0.25) is 0 Å². The lowest BCUT2D eigenvalue weighted by Gasteiger charge is -2.22. The van der Waals surface area contributed by atoms with Gasteiger partial charge in [0.1, 0.15) is 12.4 Å². The summed E-state index contributed by atoms with van der Waals surface area (Å²) in [5.41, 5.74) is 11.3. The standard InChI is InChI=1S/C21H27NO/c1-15-12-19(20(22)18-10-6-7-11-18)13-16(2)21(15)23-14-17-8-4-3-5-9-17/h3-5,8-9,12-13,18,20H,6-7,10-11,14,22H2,1-2H3/t20-/m1/s1. The lowest BCUT2D eigenvalue weighted by molar-refractivity contribution is 0.301. The lowest BCUT2D eigenvalue weighted by Crippen LogP contribution is -2.19. The second-order valence-electron chi connectivity index (χ2n) is 6.83. The van der Waals surface area contributed by atoms with Crippen LogP contribution in [0.4, 0.5) is 0 Å². The fourth-order valence-corrected chi connectivity index (χ4v) is 3.72. The molecule has 2 aromatic carbocycles. The van der Waals surface area contributed by atoms with Gasteiger partial charge in [-0.25, -0.2) is 0 Å². The number of hydrogen-bond acceptors (Lipinski definition) is 2. The topological polar surface area (TPSA) is 35.2 Å². The zero-order valence-electron chi connectivity index (χ0n) is 14.2. The molecule has 1 atom stereocenters. The van der Waals surface area contributed by atoms with Crippen LogP contribution in [0.5, 0.6) is 5.75 Å². The molecule has 0 saturated heterocycles. The Kier molecular flexibility index (Phi) is 5.02. The predicted molar refractivity (Wildman–Crippen MR) is 95.6 cm³/mol. The van der Waals surface area contributed by atoms with Crippen molar-refractivity contribution >= 4 is 0 Å². The van der Waals surface area contributed by atoms with Crippen LogP contribution in [0.25, 0.3) is 0 Å². The number of hydrogen-bond donors (Lipinski definition) is 1. The Balaban J connectivity index is 1.74. The second-order valence-corrected chi connectivity index (χ2v) is 6.83. The number of aryl methyl sites for hydroxylation is 2. The van der Waals surface area contributed by atoms with E-state index in [-0.39, 0.29) is 6.04 Å². The summed E-state index contributed by atoms with van der Waals surface area (Å²) in [4.78, 5) is 0. The molecule has 0 bridgehead atoms. The highest BCUT2D eigenvalue weighted by Gasteiger charge is 2.24. The normalized spacial score (nSPS) is 16.5. The van der Waals surface area contributed by atoms with Gasteiger partial charge in [0.15, 0.2) is 0 Å². The molecule has 1 aliphatic rings. The van der Waals surface area contributed by atoms with E-state index < -0.39 is 0 Å². The summed E-state index contributed by atoms with van der Waals surface area (Å²) in [5, 5.41) is 0. The highest BCUT2D eigenvalue weighted by molar-refractivity contribution is 5.44. The third kappa shape index (κ3) is 3.76. The molecule has 2 heteroatoms. The number of benzene rings is 2. The fraction of sp³-hybridized carbons (Fsp3) is 0.429. The molecule has 2 nitrogen and oxygen atoms in total. The molecule has 1 fully saturated rings. The van der Waals surface area contributed by atoms with Gasteiger partial charge in [-0.15, -0.1) is 0 Å². The van der Waals surface area contributed by atoms with Gasteiger partial charge < -0.3 is 10.5 Å². The van der Waals surface area contributed by atoms with Crippen LogP contribution in [-0.2, 0) is 6.61 Å². The van der Waals surface area contributed by atoms with Crippen molar-refractivity contribution in [3.8, 4) is 5.75 Å². The summed E-state index contributed by atoms with van der Waals surface area (Å²) in [6, 6.07) is 14.9. The molecule has 3 rings (SSSR count). The van der Waals surface area contributed by atoms with Gasteiger partial charge in [-0.1, -0.05) is 55.3 Å². The van der Waals surface area contributed by atoms with E-state index >= 15 is 0 Å². The van der Waals surface area contributed by atoms with Crippen LogP contribution in [0.1, 0.15) is 54.0 Å². The number of rotatable bonds is 5. The van der Waals surface area contributed by atoms with Gasteiger partial charge in [-0.3, -0.25) is 0 Å². The Hall–Kier alpha value is -1.80. The lowest BCUT2D eigenvalue weighted by atomic mass is 9.90. The van der Waals surface area contributed by atoms with Gasteiger partial charge in [0.05, 0.1) is 0 Å². The van der Waals surface area contributed by atoms with Crippen LogP contribution in [0, 0.1) is 19.8 Å². The van der Waals surface area contributed by atoms with Crippen molar-refractivity contribution in [1.29, 1.82) is 0 Å². The molecule has 23 heavy (non-hydrogen) atoms. The monoisotopic (exact) mass is 309 g/mol. The first kappa shape index (κ1) is 16.1. The molecule has 2 N–H and O–H groups in total. The van der Waals surface area contributed by atoms with E-state index in [1.165, 1.54) is 47.9 Å². The van der Waals surface area contributed by atoms with E-state index in [9.17, 15) is 0 Å². The van der Waals surface area contributed by atoms with Crippen molar-refractivity contribution < 1.29 is 4.74 Å². The Bertz CT molecular complexity index is 621. The molecule has 0 aliphatic heterocycles. The first-order valence-electron chi connectivity index (χ1n) is 8.68. The third-order valence-corrected chi connectivity index (χ3v) is 5.00. The van der Waals surface area contributed by atoms with Crippen LogP contribution < -0.4 is 10.5 Å². The SMILES string of the molecule is Cc1cc([C@H](N)C2CCCC2)cc(C)c1OCc1ccccc1. The second kappa shape index (κ2) is 7.18. The quantitative estimate of drug-likeness (QED) is 0.836. The van der Waals surface area contributed by atoms with E-state index in [1.54, 1.807) is 0 Å². The first-order chi connectivity index (χ1) is 11.1. The molecule has 2 aromatic rings. The van der Waals surface area contributed by atoms with E-state index in [0.717, 1.165) is 5.75 Å². The summed E-state index contributed by atoms with van der Waals surface area (Å²) < 4.78 is 6.07. The van der Waals surface area contributed by atoms with Crippen molar-refractivity contribution in [3.05, 3.63) is 64.7 Å². The molecule has 0 unspecified atom stereocenters. The van der Waals surface area contributed by atoms with Crippen molar-refractivity contribution in [3.63, 3.8) is 0 Å². The Morgan fingerprint density at radius 1 is 1.04 bits per heavy atom. The van der Waals surface area contributed by atoms with Crippen LogP contribution in [0.2, 0.25) is 0 Å². The molecule has 122 valence electrons. The van der Waals surface area contributed by atoms with Gasteiger partial charge >= 0.3 is 0 Å². The Labute approximate surface area is 139 Å². The zero-order valence-corrected chi connectivity index (χ0v) is 14.2. The average molecular weight is 309 g/mol. The van der Waals surface area contributed by atoms with Crippen molar-refractivity contribution in [1.82, 2.24) is 0 Å². The maximum Gasteiger partial charge on any atom is 0.125 e. The fourth-order valence-electron chi connectivity index (χ4n) is 3.72. The van der Waals surface area contributed by atoms with Gasteiger partial charge in [0, 0.05) is 6.04 Å². The molecule has 0 heterocycles. The predicted octanol–water partition coefficient (Wildman–Crippen LogP) is 5.07. The zero-order chi connectivity index (χ0) is 16.2. The molecular weight excluding hydrogens is 282 g/mol. The van der Waals surface area contributed by atoms with Crippen molar-refractivity contribution in [2.24, 2.45) is 11.7 Å². The minimum absolute atomic E-state index is 0.165. The minimum atomic E-state index is 0.165. The van der Waals surface area contributed by atoms with Crippen molar-refractivity contribution in [2.45, 2.75) is 52.2 Å². The van der Waals surface area contributed by atoms with Crippen LogP contribution in [0.15, 0.2) is 42.5 Å². The molecule has 1 aliphatic carbocycles. The van der Waals surface area contributed by atoms with Crippen LogP contribution >= 0.6 is 0 Å². The van der Waals surface area contributed by atoms with Crippen molar-refractivity contribution in [2.75, 3.05) is 0 Å². The van der Waals surface area contributed by atoms with E-state index in [1.807, 2.05) is 18.2 Å². The summed E-state index contributed by atoms with van der Waals surface area (Å²) in [7, 11) is 0. The number of nitrogens with two attached hydrogens (primary N) is 1. The largest absolute Gasteiger partial charge is 0.488 e. The maximum atomic E-state index is 6.51. The molecule has 0 radical (unpaired) electrons. The smallest absolute Gasteiger partial charge is 0.125 e. The minimum Gasteiger partial charge on any atom is -0.488 e. The highest BCUT2D eigenvalue weighted by atomic mass is 16.5. The Morgan fingerprint density at radius 3 is 2.26 bits per heavy atom. The van der Waals surface area contributed by atoms with Gasteiger partial charge in [-0.05, 0) is 54.9 Å². The average Bonchev–Trinajstić information content (AvgIpc) is 3.08. The van der Waals surface area contributed by atoms with E-state index in [0.29, 0.717) is 12.5 Å². The molecule has 1 saturated carbocycles. The molecular formula is C21H27NO. The summed E-state index contributed by atoms with van der Waals surface area (Å²) in [5.74, 6) is 1.64.